The minimum Gasteiger partial charge on any atom is -0.494 e. The van der Waals surface area contributed by atoms with Gasteiger partial charge in [-0.25, -0.2) is 0 Å². The summed E-state index contributed by atoms with van der Waals surface area (Å²) >= 11 is 5.23. The lowest BCUT2D eigenvalue weighted by molar-refractivity contribution is 0.0376. The van der Waals surface area contributed by atoms with Crippen molar-refractivity contribution in [2.45, 2.75) is 26.2 Å². The molecule has 144 valence electrons. The van der Waals surface area contributed by atoms with Gasteiger partial charge in [0, 0.05) is 19.6 Å². The van der Waals surface area contributed by atoms with E-state index in [-0.39, 0.29) is 0 Å². The molecule has 0 saturated carbocycles. The van der Waals surface area contributed by atoms with E-state index in [1.807, 2.05) is 24.3 Å². The summed E-state index contributed by atoms with van der Waals surface area (Å²) in [5.74, 6) is 0.890. The Kier molecular flexibility index (Phi) is 10.0. The lowest BCUT2D eigenvalue weighted by Gasteiger charge is -2.26. The molecule has 26 heavy (non-hydrogen) atoms. The van der Waals surface area contributed by atoms with E-state index in [4.69, 9.17) is 21.7 Å². The van der Waals surface area contributed by atoms with Crippen LogP contribution in [0.5, 0.6) is 5.75 Å². The van der Waals surface area contributed by atoms with Crippen LogP contribution in [0, 0.1) is 0 Å². The summed E-state index contributed by atoms with van der Waals surface area (Å²) in [5, 5.41) is 7.89. The Hall–Kier alpha value is -1.70. The molecule has 6 nitrogen and oxygen atoms in total. The zero-order valence-electron chi connectivity index (χ0n) is 15.6. The van der Waals surface area contributed by atoms with Crippen LogP contribution in [0.25, 0.3) is 0 Å². The van der Waals surface area contributed by atoms with Gasteiger partial charge in [-0.2, -0.15) is 5.10 Å². The van der Waals surface area contributed by atoms with Gasteiger partial charge in [-0.05, 0) is 61.4 Å². The van der Waals surface area contributed by atoms with Crippen molar-refractivity contribution in [1.82, 2.24) is 15.6 Å². The molecule has 1 aromatic carbocycles. The predicted molar refractivity (Wildman–Crippen MR) is 110 cm³/mol. The Morgan fingerprint density at radius 1 is 1.27 bits per heavy atom. The molecule has 0 radical (unpaired) electrons. The summed E-state index contributed by atoms with van der Waals surface area (Å²) in [6.45, 7) is 8.54. The van der Waals surface area contributed by atoms with Crippen LogP contribution in [0.1, 0.15) is 31.7 Å². The summed E-state index contributed by atoms with van der Waals surface area (Å²) < 4.78 is 11.0. The number of hydrazone groups is 1. The largest absolute Gasteiger partial charge is 0.494 e. The molecule has 1 aliphatic rings. The quantitative estimate of drug-likeness (QED) is 0.282. The first-order chi connectivity index (χ1) is 12.8. The molecule has 0 amide bonds. The van der Waals surface area contributed by atoms with E-state index in [1.54, 1.807) is 6.21 Å². The lowest BCUT2D eigenvalue weighted by atomic mass is 10.2. The number of morpholine rings is 1. The standard InChI is InChI=1S/C19H30N4O2S/c1-2-3-13-25-18-7-5-17(6-8-18)16-21-22-19(26)20-9-4-10-23-11-14-24-15-12-23/h5-8,16H,2-4,9-15H2,1H3,(H2,20,22,26)/b21-16+. The molecule has 1 aliphatic heterocycles. The van der Waals surface area contributed by atoms with Crippen molar-refractivity contribution in [1.29, 1.82) is 0 Å². The van der Waals surface area contributed by atoms with E-state index >= 15 is 0 Å². The van der Waals surface area contributed by atoms with Gasteiger partial charge in [0.1, 0.15) is 5.75 Å². The fraction of sp³-hybridized carbons (Fsp3) is 0.579. The molecule has 2 N–H and O–H groups in total. The highest BCUT2D eigenvalue weighted by Crippen LogP contribution is 2.11. The van der Waals surface area contributed by atoms with Gasteiger partial charge in [0.2, 0.25) is 0 Å². The maximum Gasteiger partial charge on any atom is 0.186 e. The van der Waals surface area contributed by atoms with E-state index in [0.717, 1.165) is 76.6 Å². The molecule has 0 bridgehead atoms. The number of hydrogen-bond acceptors (Lipinski definition) is 5. The molecule has 0 atom stereocenters. The Morgan fingerprint density at radius 3 is 2.77 bits per heavy atom. The second-order valence-corrected chi connectivity index (χ2v) is 6.61. The van der Waals surface area contributed by atoms with Gasteiger partial charge < -0.3 is 14.8 Å². The van der Waals surface area contributed by atoms with Crippen LogP contribution >= 0.6 is 12.2 Å². The van der Waals surface area contributed by atoms with E-state index in [1.165, 1.54) is 0 Å². The summed E-state index contributed by atoms with van der Waals surface area (Å²) in [6, 6.07) is 7.87. The molecule has 0 aliphatic carbocycles. The molecular weight excluding hydrogens is 348 g/mol. The third kappa shape index (κ3) is 8.60. The van der Waals surface area contributed by atoms with Crippen molar-refractivity contribution in [2.24, 2.45) is 5.10 Å². The van der Waals surface area contributed by atoms with Crippen molar-refractivity contribution in [3.05, 3.63) is 29.8 Å². The van der Waals surface area contributed by atoms with Crippen molar-refractivity contribution < 1.29 is 9.47 Å². The highest BCUT2D eigenvalue weighted by molar-refractivity contribution is 7.80. The summed E-state index contributed by atoms with van der Waals surface area (Å²) in [4.78, 5) is 2.41. The number of thiocarbonyl (C=S) groups is 1. The number of hydrogen-bond donors (Lipinski definition) is 2. The number of nitrogens with one attached hydrogen (secondary N) is 2. The zero-order chi connectivity index (χ0) is 18.5. The highest BCUT2D eigenvalue weighted by Gasteiger charge is 2.08. The first-order valence-corrected chi connectivity index (χ1v) is 9.78. The Balaban J connectivity index is 1.57. The van der Waals surface area contributed by atoms with Crippen LogP contribution in [0.2, 0.25) is 0 Å². The Labute approximate surface area is 161 Å². The zero-order valence-corrected chi connectivity index (χ0v) is 16.4. The van der Waals surface area contributed by atoms with Crippen LogP contribution in [0.4, 0.5) is 0 Å². The van der Waals surface area contributed by atoms with Crippen molar-refractivity contribution >= 4 is 23.5 Å². The number of ether oxygens (including phenoxy) is 2. The number of rotatable bonds is 10. The molecule has 0 aromatic heterocycles. The maximum absolute atomic E-state index is 5.64. The Morgan fingerprint density at radius 2 is 2.04 bits per heavy atom. The number of benzene rings is 1. The number of nitrogens with zero attached hydrogens (tertiary/aromatic N) is 2. The topological polar surface area (TPSA) is 58.1 Å². The molecule has 1 fully saturated rings. The average Bonchev–Trinajstić information content (AvgIpc) is 2.67. The summed E-state index contributed by atoms with van der Waals surface area (Å²) in [5.41, 5.74) is 3.85. The molecule has 1 heterocycles. The summed E-state index contributed by atoms with van der Waals surface area (Å²) in [7, 11) is 0. The SMILES string of the molecule is CCCCOc1ccc(/C=N/NC(=S)NCCCN2CCOCC2)cc1. The Bertz CT molecular complexity index is 545. The van der Waals surface area contributed by atoms with Crippen LogP contribution in [-0.2, 0) is 4.74 Å². The number of unbranched alkanes of at least 4 members (excludes halogenated alkanes) is 1. The minimum absolute atomic E-state index is 0.544. The van der Waals surface area contributed by atoms with Gasteiger partial charge in [0.25, 0.3) is 0 Å². The van der Waals surface area contributed by atoms with Crippen molar-refractivity contribution in [3.63, 3.8) is 0 Å². The fourth-order valence-electron chi connectivity index (χ4n) is 2.52. The average molecular weight is 379 g/mol. The van der Waals surface area contributed by atoms with Crippen molar-refractivity contribution in [2.75, 3.05) is 46.0 Å². The second kappa shape index (κ2) is 12.6. The molecule has 0 spiro atoms. The van der Waals surface area contributed by atoms with E-state index in [2.05, 4.69) is 27.7 Å². The predicted octanol–water partition coefficient (Wildman–Crippen LogP) is 2.39. The minimum atomic E-state index is 0.544. The molecule has 0 unspecified atom stereocenters. The molecule has 1 saturated heterocycles. The van der Waals surface area contributed by atoms with Gasteiger partial charge in [-0.3, -0.25) is 10.3 Å². The monoisotopic (exact) mass is 378 g/mol. The first-order valence-electron chi connectivity index (χ1n) is 9.38. The second-order valence-electron chi connectivity index (χ2n) is 6.20. The van der Waals surface area contributed by atoms with Crippen LogP contribution in [0.15, 0.2) is 29.4 Å². The lowest BCUT2D eigenvalue weighted by Crippen LogP contribution is -2.39. The van der Waals surface area contributed by atoms with Gasteiger partial charge in [-0.1, -0.05) is 13.3 Å². The normalized spacial score (nSPS) is 15.1. The molecule has 2 rings (SSSR count). The fourth-order valence-corrected chi connectivity index (χ4v) is 2.67. The van der Waals surface area contributed by atoms with E-state index in [9.17, 15) is 0 Å². The molecule has 7 heteroatoms. The van der Waals surface area contributed by atoms with Gasteiger partial charge >= 0.3 is 0 Å². The third-order valence-corrected chi connectivity index (χ3v) is 4.30. The van der Waals surface area contributed by atoms with E-state index < -0.39 is 0 Å². The van der Waals surface area contributed by atoms with Crippen LogP contribution in [0.3, 0.4) is 0 Å². The van der Waals surface area contributed by atoms with Crippen LogP contribution < -0.4 is 15.5 Å². The van der Waals surface area contributed by atoms with Gasteiger partial charge in [-0.15, -0.1) is 0 Å². The van der Waals surface area contributed by atoms with Gasteiger partial charge in [0.15, 0.2) is 5.11 Å². The first kappa shape index (κ1) is 20.6. The summed E-state index contributed by atoms with van der Waals surface area (Å²) in [6.07, 6.45) is 5.00. The van der Waals surface area contributed by atoms with E-state index in [0.29, 0.717) is 5.11 Å². The van der Waals surface area contributed by atoms with Crippen molar-refractivity contribution in [3.8, 4) is 5.75 Å². The van der Waals surface area contributed by atoms with Gasteiger partial charge in [0.05, 0.1) is 26.0 Å². The maximum atomic E-state index is 5.64. The smallest absolute Gasteiger partial charge is 0.186 e. The highest BCUT2D eigenvalue weighted by atomic mass is 32.1. The third-order valence-electron chi connectivity index (χ3n) is 4.07. The molecule has 1 aromatic rings. The van der Waals surface area contributed by atoms with Crippen LogP contribution in [-0.4, -0.2) is 62.2 Å². The molecular formula is C19H30N4O2S.